The maximum Gasteiger partial charge on any atom is 0.320 e. The predicted octanol–water partition coefficient (Wildman–Crippen LogP) is 4.34. The van der Waals surface area contributed by atoms with Crippen LogP contribution < -0.4 is 4.74 Å². The Kier molecular flexibility index (Phi) is 5.62. The van der Waals surface area contributed by atoms with Gasteiger partial charge in [-0.1, -0.05) is 48.4 Å². The van der Waals surface area contributed by atoms with Crippen molar-refractivity contribution < 1.29 is 14.6 Å². The maximum atomic E-state index is 12.0. The van der Waals surface area contributed by atoms with Crippen LogP contribution >= 0.6 is 0 Å². The minimum absolute atomic E-state index is 0.131. The minimum atomic E-state index is -0.741. The van der Waals surface area contributed by atoms with Crippen molar-refractivity contribution in [2.45, 2.75) is 45.2 Å². The maximum absolute atomic E-state index is 12.0. The van der Waals surface area contributed by atoms with E-state index in [2.05, 4.69) is 43.0 Å². The fourth-order valence-electron chi connectivity index (χ4n) is 4.08. The molecule has 4 nitrogen and oxygen atoms in total. The van der Waals surface area contributed by atoms with Crippen LogP contribution in [0.3, 0.4) is 0 Å². The number of carbonyl (C=O) groups is 1. The molecule has 0 aliphatic carbocycles. The first-order valence-corrected chi connectivity index (χ1v) is 9.21. The normalized spacial score (nSPS) is 19.1. The van der Waals surface area contributed by atoms with E-state index in [1.54, 1.807) is 7.11 Å². The SMILES string of the molecule is COc1ccccc1C(c1ccc(C)cc1C)N1CCCCC1C(=O)O. The van der Waals surface area contributed by atoms with E-state index in [1.165, 1.54) is 11.1 Å². The Balaban J connectivity index is 2.17. The molecule has 1 N–H and O–H groups in total. The van der Waals surface area contributed by atoms with E-state index in [1.807, 2.05) is 18.2 Å². The molecule has 1 aliphatic heterocycles. The van der Waals surface area contributed by atoms with Gasteiger partial charge in [0.15, 0.2) is 0 Å². The minimum Gasteiger partial charge on any atom is -0.496 e. The van der Waals surface area contributed by atoms with Gasteiger partial charge in [-0.2, -0.15) is 0 Å². The zero-order chi connectivity index (χ0) is 18.7. The molecule has 3 rings (SSSR count). The monoisotopic (exact) mass is 353 g/mol. The highest BCUT2D eigenvalue weighted by atomic mass is 16.5. The summed E-state index contributed by atoms with van der Waals surface area (Å²) in [5, 5.41) is 9.82. The van der Waals surface area contributed by atoms with Crippen LogP contribution in [0.4, 0.5) is 0 Å². The number of rotatable bonds is 5. The molecule has 0 aromatic heterocycles. The van der Waals surface area contributed by atoms with Crippen molar-refractivity contribution in [1.82, 2.24) is 4.90 Å². The van der Waals surface area contributed by atoms with Gasteiger partial charge in [-0.25, -0.2) is 0 Å². The number of piperidine rings is 1. The number of carboxylic acid groups (broad SMARTS) is 1. The highest BCUT2D eigenvalue weighted by Crippen LogP contribution is 2.39. The van der Waals surface area contributed by atoms with Crippen LogP contribution in [0, 0.1) is 13.8 Å². The van der Waals surface area contributed by atoms with Crippen molar-refractivity contribution in [3.63, 3.8) is 0 Å². The molecule has 2 atom stereocenters. The number of ether oxygens (including phenoxy) is 1. The van der Waals surface area contributed by atoms with Gasteiger partial charge in [0.1, 0.15) is 11.8 Å². The lowest BCUT2D eigenvalue weighted by Gasteiger charge is -2.40. The third-order valence-electron chi connectivity index (χ3n) is 5.31. The van der Waals surface area contributed by atoms with Crippen LogP contribution in [-0.4, -0.2) is 35.7 Å². The standard InChI is InChI=1S/C22H27NO3/c1-15-11-12-17(16(2)14-15)21(18-8-4-5-10-20(18)26-3)23-13-7-6-9-19(23)22(24)25/h4-5,8,10-12,14,19,21H,6-7,9,13H2,1-3H3,(H,24,25). The molecule has 0 amide bonds. The molecule has 26 heavy (non-hydrogen) atoms. The summed E-state index contributed by atoms with van der Waals surface area (Å²) in [5.74, 6) is 0.0570. The van der Waals surface area contributed by atoms with Crippen molar-refractivity contribution in [2.24, 2.45) is 0 Å². The molecule has 4 heteroatoms. The predicted molar refractivity (Wildman–Crippen MR) is 103 cm³/mol. The summed E-state index contributed by atoms with van der Waals surface area (Å²) < 4.78 is 5.62. The van der Waals surface area contributed by atoms with Crippen molar-refractivity contribution in [3.8, 4) is 5.75 Å². The van der Waals surface area contributed by atoms with Gasteiger partial charge in [-0.15, -0.1) is 0 Å². The zero-order valence-electron chi connectivity index (χ0n) is 15.7. The van der Waals surface area contributed by atoms with Crippen LogP contribution in [0.15, 0.2) is 42.5 Å². The molecule has 2 aromatic carbocycles. The first-order chi connectivity index (χ1) is 12.5. The summed E-state index contributed by atoms with van der Waals surface area (Å²) in [6, 6.07) is 13.7. The third kappa shape index (κ3) is 3.61. The number of para-hydroxylation sites is 1. The smallest absolute Gasteiger partial charge is 0.320 e. The number of nitrogens with zero attached hydrogens (tertiary/aromatic N) is 1. The third-order valence-corrected chi connectivity index (χ3v) is 5.31. The van der Waals surface area contributed by atoms with Gasteiger partial charge in [-0.05, 0) is 50.4 Å². The molecular formula is C22H27NO3. The van der Waals surface area contributed by atoms with Gasteiger partial charge in [0.05, 0.1) is 13.2 Å². The average molecular weight is 353 g/mol. The summed E-state index contributed by atoms with van der Waals surface area (Å²) in [5.41, 5.74) is 4.55. The number of likely N-dealkylation sites (tertiary alicyclic amines) is 1. The van der Waals surface area contributed by atoms with E-state index >= 15 is 0 Å². The molecule has 2 unspecified atom stereocenters. The lowest BCUT2D eigenvalue weighted by atomic mass is 9.88. The van der Waals surface area contributed by atoms with Gasteiger partial charge < -0.3 is 9.84 Å². The van der Waals surface area contributed by atoms with Crippen LogP contribution in [-0.2, 0) is 4.79 Å². The fourth-order valence-corrected chi connectivity index (χ4v) is 4.08. The Hall–Kier alpha value is -2.33. The quantitative estimate of drug-likeness (QED) is 0.869. The Morgan fingerprint density at radius 3 is 2.62 bits per heavy atom. The highest BCUT2D eigenvalue weighted by molar-refractivity contribution is 5.74. The number of carboxylic acids is 1. The number of methoxy groups -OCH3 is 1. The number of aliphatic carboxylic acids is 1. The molecular weight excluding hydrogens is 326 g/mol. The van der Waals surface area contributed by atoms with E-state index < -0.39 is 12.0 Å². The zero-order valence-corrected chi connectivity index (χ0v) is 15.7. The Morgan fingerprint density at radius 1 is 1.15 bits per heavy atom. The van der Waals surface area contributed by atoms with Crippen molar-refractivity contribution in [2.75, 3.05) is 13.7 Å². The fraction of sp³-hybridized carbons (Fsp3) is 0.409. The van der Waals surface area contributed by atoms with Crippen molar-refractivity contribution >= 4 is 5.97 Å². The first kappa shape index (κ1) is 18.5. The Morgan fingerprint density at radius 2 is 1.92 bits per heavy atom. The van der Waals surface area contributed by atoms with E-state index in [0.717, 1.165) is 36.3 Å². The second-order valence-electron chi connectivity index (χ2n) is 7.09. The van der Waals surface area contributed by atoms with Crippen molar-refractivity contribution in [3.05, 3.63) is 64.7 Å². The molecule has 1 aliphatic rings. The summed E-state index contributed by atoms with van der Waals surface area (Å²) in [4.78, 5) is 14.1. The topological polar surface area (TPSA) is 49.8 Å². The molecule has 1 heterocycles. The van der Waals surface area contributed by atoms with Crippen LogP contribution in [0.2, 0.25) is 0 Å². The van der Waals surface area contributed by atoms with Crippen LogP contribution in [0.5, 0.6) is 5.75 Å². The van der Waals surface area contributed by atoms with Crippen LogP contribution in [0.25, 0.3) is 0 Å². The largest absolute Gasteiger partial charge is 0.496 e. The van der Waals surface area contributed by atoms with Gasteiger partial charge in [-0.3, -0.25) is 9.69 Å². The number of hydrogen-bond acceptors (Lipinski definition) is 3. The van der Waals surface area contributed by atoms with Gasteiger partial charge in [0.2, 0.25) is 0 Å². The average Bonchev–Trinajstić information content (AvgIpc) is 2.64. The number of aryl methyl sites for hydroxylation is 2. The first-order valence-electron chi connectivity index (χ1n) is 9.21. The van der Waals surface area contributed by atoms with Gasteiger partial charge >= 0.3 is 5.97 Å². The Bertz CT molecular complexity index is 787. The highest BCUT2D eigenvalue weighted by Gasteiger charge is 2.36. The van der Waals surface area contributed by atoms with Gasteiger partial charge in [0.25, 0.3) is 0 Å². The molecule has 1 saturated heterocycles. The summed E-state index contributed by atoms with van der Waals surface area (Å²) in [6.07, 6.45) is 2.66. The Labute approximate surface area is 155 Å². The second-order valence-corrected chi connectivity index (χ2v) is 7.09. The summed E-state index contributed by atoms with van der Waals surface area (Å²) in [7, 11) is 1.67. The molecule has 0 radical (unpaired) electrons. The second kappa shape index (κ2) is 7.92. The number of hydrogen-bond donors (Lipinski definition) is 1. The molecule has 138 valence electrons. The van der Waals surface area contributed by atoms with E-state index in [-0.39, 0.29) is 6.04 Å². The number of benzene rings is 2. The van der Waals surface area contributed by atoms with Crippen molar-refractivity contribution in [1.29, 1.82) is 0 Å². The molecule has 0 spiro atoms. The molecule has 0 bridgehead atoms. The van der Waals surface area contributed by atoms with E-state index in [9.17, 15) is 9.90 Å². The lowest BCUT2D eigenvalue weighted by Crippen LogP contribution is -2.47. The lowest BCUT2D eigenvalue weighted by molar-refractivity contribution is -0.145. The van der Waals surface area contributed by atoms with E-state index in [4.69, 9.17) is 4.74 Å². The van der Waals surface area contributed by atoms with Crippen LogP contribution in [0.1, 0.15) is 47.6 Å². The summed E-state index contributed by atoms with van der Waals surface area (Å²) >= 11 is 0. The molecule has 0 saturated carbocycles. The van der Waals surface area contributed by atoms with E-state index in [0.29, 0.717) is 6.42 Å². The molecule has 2 aromatic rings. The van der Waals surface area contributed by atoms with Gasteiger partial charge in [0, 0.05) is 5.56 Å². The molecule has 1 fully saturated rings. The summed E-state index contributed by atoms with van der Waals surface area (Å²) in [6.45, 7) is 4.95.